The van der Waals surface area contributed by atoms with Crippen molar-refractivity contribution in [3.8, 4) is 0 Å². The lowest BCUT2D eigenvalue weighted by atomic mass is 10.2. The van der Waals surface area contributed by atoms with Gasteiger partial charge in [0, 0.05) is 64.6 Å². The second-order valence-corrected chi connectivity index (χ2v) is 7.14. The van der Waals surface area contributed by atoms with E-state index in [1.165, 1.54) is 12.5 Å². The molecule has 1 aliphatic rings. The van der Waals surface area contributed by atoms with Crippen LogP contribution < -0.4 is 5.32 Å². The van der Waals surface area contributed by atoms with E-state index in [0.717, 1.165) is 39.3 Å². The third kappa shape index (κ3) is 5.28. The number of hydrogen-bond donors (Lipinski definition) is 1. The molecule has 1 fully saturated rings. The summed E-state index contributed by atoms with van der Waals surface area (Å²) in [4.78, 5) is 28.6. The summed E-state index contributed by atoms with van der Waals surface area (Å²) in [6.45, 7) is 8.08. The van der Waals surface area contributed by atoms with Crippen LogP contribution in [0.5, 0.6) is 0 Å². The SMILES string of the molecule is CC(=O)c1cc(C(=O)NCCN2CCN(Cc3ccccc3)CC2)n(C)c1. The van der Waals surface area contributed by atoms with E-state index < -0.39 is 0 Å². The van der Waals surface area contributed by atoms with Crippen molar-refractivity contribution in [3.63, 3.8) is 0 Å². The predicted molar refractivity (Wildman–Crippen MR) is 106 cm³/mol. The Morgan fingerprint density at radius 3 is 2.33 bits per heavy atom. The van der Waals surface area contributed by atoms with Gasteiger partial charge in [-0.3, -0.25) is 19.4 Å². The zero-order chi connectivity index (χ0) is 19.2. The summed E-state index contributed by atoms with van der Waals surface area (Å²) in [5, 5.41) is 2.96. The first-order valence-electron chi connectivity index (χ1n) is 9.47. The summed E-state index contributed by atoms with van der Waals surface area (Å²) in [7, 11) is 1.79. The van der Waals surface area contributed by atoms with Crippen molar-refractivity contribution >= 4 is 11.7 Å². The molecule has 0 aliphatic carbocycles. The Hall–Kier alpha value is -2.44. The highest BCUT2D eigenvalue weighted by Crippen LogP contribution is 2.09. The van der Waals surface area contributed by atoms with Gasteiger partial charge in [-0.15, -0.1) is 0 Å². The number of benzene rings is 1. The number of hydrogen-bond acceptors (Lipinski definition) is 4. The third-order valence-electron chi connectivity index (χ3n) is 5.07. The molecular formula is C21H28N4O2. The van der Waals surface area contributed by atoms with Gasteiger partial charge in [-0.25, -0.2) is 0 Å². The number of rotatable bonds is 7. The summed E-state index contributed by atoms with van der Waals surface area (Å²) in [5.41, 5.74) is 2.44. The van der Waals surface area contributed by atoms with Gasteiger partial charge in [-0.2, -0.15) is 0 Å². The van der Waals surface area contributed by atoms with Gasteiger partial charge in [0.05, 0.1) is 0 Å². The van der Waals surface area contributed by atoms with Crippen molar-refractivity contribution in [3.05, 3.63) is 59.4 Å². The zero-order valence-electron chi connectivity index (χ0n) is 16.1. The van der Waals surface area contributed by atoms with E-state index in [1.54, 1.807) is 23.9 Å². The summed E-state index contributed by atoms with van der Waals surface area (Å²) in [6.07, 6.45) is 1.70. The lowest BCUT2D eigenvalue weighted by Crippen LogP contribution is -2.48. The van der Waals surface area contributed by atoms with Gasteiger partial charge >= 0.3 is 0 Å². The predicted octanol–water partition coefficient (Wildman–Crippen LogP) is 1.78. The summed E-state index contributed by atoms with van der Waals surface area (Å²) >= 11 is 0. The van der Waals surface area contributed by atoms with Gasteiger partial charge in [-0.05, 0) is 18.6 Å². The highest BCUT2D eigenvalue weighted by atomic mass is 16.2. The Kier molecular flexibility index (Phi) is 6.42. The molecule has 144 valence electrons. The largest absolute Gasteiger partial charge is 0.349 e. The average Bonchev–Trinajstić information content (AvgIpc) is 3.06. The van der Waals surface area contributed by atoms with Gasteiger partial charge in [0.1, 0.15) is 5.69 Å². The van der Waals surface area contributed by atoms with Crippen LogP contribution >= 0.6 is 0 Å². The van der Waals surface area contributed by atoms with Crippen LogP contribution in [-0.4, -0.2) is 65.3 Å². The average molecular weight is 368 g/mol. The van der Waals surface area contributed by atoms with Crippen LogP contribution in [0.1, 0.15) is 33.3 Å². The Morgan fingerprint density at radius 1 is 1.04 bits per heavy atom. The minimum Gasteiger partial charge on any atom is -0.349 e. The molecule has 6 nitrogen and oxygen atoms in total. The third-order valence-corrected chi connectivity index (χ3v) is 5.07. The van der Waals surface area contributed by atoms with E-state index in [0.29, 0.717) is 17.8 Å². The molecule has 0 radical (unpaired) electrons. The van der Waals surface area contributed by atoms with E-state index in [1.807, 2.05) is 6.07 Å². The Bertz CT molecular complexity index is 777. The summed E-state index contributed by atoms with van der Waals surface area (Å²) < 4.78 is 1.70. The number of ketones is 1. The van der Waals surface area contributed by atoms with Gasteiger partial charge in [-0.1, -0.05) is 30.3 Å². The van der Waals surface area contributed by atoms with E-state index in [2.05, 4.69) is 39.4 Å². The monoisotopic (exact) mass is 368 g/mol. The standard InChI is InChI=1S/C21H28N4O2/c1-17(26)19-14-20(23(2)16-19)21(27)22-8-9-24-10-12-25(13-11-24)15-18-6-4-3-5-7-18/h3-7,14,16H,8-13,15H2,1-2H3,(H,22,27). The topological polar surface area (TPSA) is 57.6 Å². The highest BCUT2D eigenvalue weighted by Gasteiger charge is 2.18. The van der Waals surface area contributed by atoms with Gasteiger partial charge in [0.2, 0.25) is 0 Å². The zero-order valence-corrected chi connectivity index (χ0v) is 16.1. The number of aromatic nitrogens is 1. The minimum atomic E-state index is -0.132. The Balaban J connectivity index is 1.39. The van der Waals surface area contributed by atoms with Crippen molar-refractivity contribution < 1.29 is 9.59 Å². The van der Waals surface area contributed by atoms with Crippen molar-refractivity contribution in [1.82, 2.24) is 19.7 Å². The summed E-state index contributed by atoms with van der Waals surface area (Å²) in [5.74, 6) is -0.161. The van der Waals surface area contributed by atoms with E-state index in [9.17, 15) is 9.59 Å². The minimum absolute atomic E-state index is 0.0296. The fourth-order valence-corrected chi connectivity index (χ4v) is 3.41. The molecule has 0 atom stereocenters. The molecule has 3 rings (SSSR count). The molecule has 0 spiro atoms. The van der Waals surface area contributed by atoms with E-state index >= 15 is 0 Å². The molecular weight excluding hydrogens is 340 g/mol. The van der Waals surface area contributed by atoms with Crippen molar-refractivity contribution in [1.29, 1.82) is 0 Å². The molecule has 2 heterocycles. The lowest BCUT2D eigenvalue weighted by molar-refractivity contribution is 0.0926. The van der Waals surface area contributed by atoms with Crippen molar-refractivity contribution in [2.45, 2.75) is 13.5 Å². The Labute approximate surface area is 160 Å². The second-order valence-electron chi connectivity index (χ2n) is 7.14. The van der Waals surface area contributed by atoms with E-state index in [-0.39, 0.29) is 11.7 Å². The maximum atomic E-state index is 12.3. The molecule has 1 saturated heterocycles. The van der Waals surface area contributed by atoms with Crippen LogP contribution in [0.4, 0.5) is 0 Å². The fourth-order valence-electron chi connectivity index (χ4n) is 3.41. The number of Topliss-reactive ketones (excluding diaryl/α,β-unsaturated/α-hetero) is 1. The van der Waals surface area contributed by atoms with Crippen LogP contribution in [-0.2, 0) is 13.6 Å². The first kappa shape index (κ1) is 19.3. The first-order chi connectivity index (χ1) is 13.0. The molecule has 0 bridgehead atoms. The van der Waals surface area contributed by atoms with Crippen LogP contribution in [0.2, 0.25) is 0 Å². The first-order valence-corrected chi connectivity index (χ1v) is 9.47. The van der Waals surface area contributed by atoms with Gasteiger partial charge in [0.25, 0.3) is 5.91 Å². The molecule has 2 aromatic rings. The van der Waals surface area contributed by atoms with E-state index in [4.69, 9.17) is 0 Å². The lowest BCUT2D eigenvalue weighted by Gasteiger charge is -2.34. The summed E-state index contributed by atoms with van der Waals surface area (Å²) in [6, 6.07) is 12.2. The molecule has 1 N–H and O–H groups in total. The molecule has 1 amide bonds. The molecule has 27 heavy (non-hydrogen) atoms. The number of carbonyl (C=O) groups excluding carboxylic acids is 2. The maximum absolute atomic E-state index is 12.3. The van der Waals surface area contributed by atoms with Gasteiger partial charge in [0.15, 0.2) is 5.78 Å². The number of nitrogens with zero attached hydrogens (tertiary/aromatic N) is 3. The fraction of sp³-hybridized carbons (Fsp3) is 0.429. The molecule has 1 aromatic heterocycles. The van der Waals surface area contributed by atoms with Crippen LogP contribution in [0.15, 0.2) is 42.6 Å². The van der Waals surface area contributed by atoms with Crippen LogP contribution in [0.3, 0.4) is 0 Å². The number of aryl methyl sites for hydroxylation is 1. The second kappa shape index (κ2) is 8.97. The molecule has 0 saturated carbocycles. The number of carbonyl (C=O) groups is 2. The quantitative estimate of drug-likeness (QED) is 0.757. The number of nitrogens with one attached hydrogen (secondary N) is 1. The molecule has 6 heteroatoms. The van der Waals surface area contributed by atoms with Crippen molar-refractivity contribution in [2.75, 3.05) is 39.3 Å². The van der Waals surface area contributed by atoms with Gasteiger partial charge < -0.3 is 9.88 Å². The smallest absolute Gasteiger partial charge is 0.267 e. The van der Waals surface area contributed by atoms with Crippen molar-refractivity contribution in [2.24, 2.45) is 7.05 Å². The normalized spacial score (nSPS) is 15.6. The highest BCUT2D eigenvalue weighted by molar-refractivity contribution is 5.99. The van der Waals surface area contributed by atoms with Crippen LogP contribution in [0.25, 0.3) is 0 Å². The van der Waals surface area contributed by atoms with Crippen LogP contribution in [0, 0.1) is 0 Å². The molecule has 0 unspecified atom stereocenters. The number of piperazine rings is 1. The number of amides is 1. The maximum Gasteiger partial charge on any atom is 0.267 e. The Morgan fingerprint density at radius 2 is 1.70 bits per heavy atom. The molecule has 1 aliphatic heterocycles. The molecule has 1 aromatic carbocycles.